The van der Waals surface area contributed by atoms with E-state index in [4.69, 9.17) is 9.84 Å². The molecule has 0 bridgehead atoms. The van der Waals surface area contributed by atoms with Crippen LogP contribution in [-0.4, -0.2) is 34.2 Å². The van der Waals surface area contributed by atoms with Gasteiger partial charge in [0.25, 0.3) is 0 Å². The number of rotatable bonds is 5. The Labute approximate surface area is 125 Å². The Morgan fingerprint density at radius 2 is 1.81 bits per heavy atom. The van der Waals surface area contributed by atoms with Crippen LogP contribution < -0.4 is 4.74 Å². The highest BCUT2D eigenvalue weighted by Gasteiger charge is 2.23. The van der Waals surface area contributed by atoms with Gasteiger partial charge in [0.05, 0.1) is 6.61 Å². The molecule has 0 saturated carbocycles. The van der Waals surface area contributed by atoms with Gasteiger partial charge in [-0.15, -0.1) is 0 Å². The zero-order valence-electron chi connectivity index (χ0n) is 12.0. The second-order valence-electron chi connectivity index (χ2n) is 5.42. The fourth-order valence-corrected chi connectivity index (χ4v) is 2.65. The van der Waals surface area contributed by atoms with E-state index in [1.165, 1.54) is 5.56 Å². The number of aromatic nitrogens is 1. The molecule has 4 heteroatoms. The molecule has 110 valence electrons. The molecule has 1 aliphatic heterocycles. The maximum absolute atomic E-state index is 9.06. The van der Waals surface area contributed by atoms with E-state index in [-0.39, 0.29) is 12.7 Å². The zero-order valence-corrected chi connectivity index (χ0v) is 12.0. The number of hydrogen-bond acceptors (Lipinski definition) is 4. The first-order valence-corrected chi connectivity index (χ1v) is 7.31. The summed E-state index contributed by atoms with van der Waals surface area (Å²) in [6.45, 7) is 3.04. The monoisotopic (exact) mass is 284 g/mol. The molecule has 3 rings (SSSR count). The summed E-state index contributed by atoms with van der Waals surface area (Å²) >= 11 is 0. The van der Waals surface area contributed by atoms with Crippen LogP contribution in [-0.2, 0) is 13.2 Å². The molecule has 1 fully saturated rings. The van der Waals surface area contributed by atoms with Crippen molar-refractivity contribution in [1.82, 2.24) is 9.88 Å². The third-order valence-corrected chi connectivity index (χ3v) is 3.79. The molecule has 0 aliphatic carbocycles. The Kier molecular flexibility index (Phi) is 4.48. The molecular formula is C17H20N2O2. The molecule has 0 spiro atoms. The molecule has 2 aromatic rings. The Balaban J connectivity index is 1.52. The first kappa shape index (κ1) is 14.0. The van der Waals surface area contributed by atoms with Crippen molar-refractivity contribution < 1.29 is 9.84 Å². The zero-order chi connectivity index (χ0) is 14.5. The summed E-state index contributed by atoms with van der Waals surface area (Å²) < 4.78 is 5.97. The van der Waals surface area contributed by atoms with Crippen LogP contribution in [0.1, 0.15) is 17.5 Å². The molecule has 1 saturated heterocycles. The van der Waals surface area contributed by atoms with Crippen LogP contribution in [0, 0.1) is 0 Å². The van der Waals surface area contributed by atoms with Crippen LogP contribution >= 0.6 is 0 Å². The number of aliphatic hydroxyl groups excluding tert-OH is 1. The molecule has 1 aromatic carbocycles. The van der Waals surface area contributed by atoms with Crippen molar-refractivity contribution in [3.05, 3.63) is 59.9 Å². The summed E-state index contributed by atoms with van der Waals surface area (Å²) in [5.74, 6) is 0.893. The molecule has 0 amide bonds. The standard InChI is InChI=1S/C17H20N2O2/c20-13-15-3-1-14(2-4-15)11-19-10-7-17(12-19)21-16-5-8-18-9-6-16/h1-6,8-9,17,20H,7,10-13H2. The van der Waals surface area contributed by atoms with Gasteiger partial charge in [0, 0.05) is 32.0 Å². The Morgan fingerprint density at radius 1 is 1.10 bits per heavy atom. The van der Waals surface area contributed by atoms with Crippen molar-refractivity contribution in [3.63, 3.8) is 0 Å². The van der Waals surface area contributed by atoms with Crippen LogP contribution in [0.5, 0.6) is 5.75 Å². The highest BCUT2D eigenvalue weighted by Crippen LogP contribution is 2.19. The van der Waals surface area contributed by atoms with Crippen LogP contribution in [0.15, 0.2) is 48.8 Å². The summed E-state index contributed by atoms with van der Waals surface area (Å²) in [5, 5.41) is 9.06. The van der Waals surface area contributed by atoms with Crippen molar-refractivity contribution >= 4 is 0 Å². The van der Waals surface area contributed by atoms with Crippen molar-refractivity contribution in [1.29, 1.82) is 0 Å². The van der Waals surface area contributed by atoms with E-state index in [1.807, 2.05) is 24.3 Å². The lowest BCUT2D eigenvalue weighted by atomic mass is 10.1. The predicted molar refractivity (Wildman–Crippen MR) is 80.9 cm³/mol. The van der Waals surface area contributed by atoms with Gasteiger partial charge >= 0.3 is 0 Å². The number of hydrogen-bond donors (Lipinski definition) is 1. The topological polar surface area (TPSA) is 45.6 Å². The third-order valence-electron chi connectivity index (χ3n) is 3.79. The van der Waals surface area contributed by atoms with Gasteiger partial charge in [-0.05, 0) is 29.7 Å². The lowest BCUT2D eigenvalue weighted by Crippen LogP contribution is -2.24. The third kappa shape index (κ3) is 3.80. The van der Waals surface area contributed by atoms with Crippen LogP contribution in [0.3, 0.4) is 0 Å². The number of likely N-dealkylation sites (tertiary alicyclic amines) is 1. The van der Waals surface area contributed by atoms with Crippen molar-refractivity contribution in [2.75, 3.05) is 13.1 Å². The van der Waals surface area contributed by atoms with E-state index in [0.717, 1.165) is 37.4 Å². The second kappa shape index (κ2) is 6.70. The van der Waals surface area contributed by atoms with E-state index >= 15 is 0 Å². The Bertz CT molecular complexity index is 557. The van der Waals surface area contributed by atoms with E-state index < -0.39 is 0 Å². The van der Waals surface area contributed by atoms with Gasteiger partial charge in [0.2, 0.25) is 0 Å². The number of pyridine rings is 1. The largest absolute Gasteiger partial charge is 0.489 e. The van der Waals surface area contributed by atoms with Gasteiger partial charge in [-0.25, -0.2) is 0 Å². The molecule has 0 radical (unpaired) electrons. The van der Waals surface area contributed by atoms with Gasteiger partial charge in [-0.2, -0.15) is 0 Å². The van der Waals surface area contributed by atoms with Crippen molar-refractivity contribution in [2.45, 2.75) is 25.7 Å². The summed E-state index contributed by atoms with van der Waals surface area (Å²) in [4.78, 5) is 6.40. The lowest BCUT2D eigenvalue weighted by Gasteiger charge is -2.17. The summed E-state index contributed by atoms with van der Waals surface area (Å²) in [7, 11) is 0. The highest BCUT2D eigenvalue weighted by atomic mass is 16.5. The van der Waals surface area contributed by atoms with Crippen molar-refractivity contribution in [2.24, 2.45) is 0 Å². The van der Waals surface area contributed by atoms with E-state index in [0.29, 0.717) is 0 Å². The molecule has 1 N–H and O–H groups in total. The summed E-state index contributed by atoms with van der Waals surface area (Å²) in [5.41, 5.74) is 2.23. The molecule has 4 nitrogen and oxygen atoms in total. The maximum Gasteiger partial charge on any atom is 0.122 e. The number of aliphatic hydroxyl groups is 1. The highest BCUT2D eigenvalue weighted by molar-refractivity contribution is 5.22. The van der Waals surface area contributed by atoms with Gasteiger partial charge in [0.1, 0.15) is 11.9 Å². The summed E-state index contributed by atoms with van der Waals surface area (Å²) in [6, 6.07) is 11.9. The Hall–Kier alpha value is -1.91. The minimum atomic E-state index is 0.103. The average Bonchev–Trinajstić information content (AvgIpc) is 2.96. The molecule has 1 aromatic heterocycles. The first-order valence-electron chi connectivity index (χ1n) is 7.31. The molecule has 21 heavy (non-hydrogen) atoms. The predicted octanol–water partition coefficient (Wildman–Crippen LogP) is 2.23. The lowest BCUT2D eigenvalue weighted by molar-refractivity contribution is 0.198. The number of nitrogens with zero attached hydrogens (tertiary/aromatic N) is 2. The average molecular weight is 284 g/mol. The minimum Gasteiger partial charge on any atom is -0.489 e. The maximum atomic E-state index is 9.06. The molecule has 1 aliphatic rings. The molecule has 1 unspecified atom stereocenters. The number of benzene rings is 1. The fourth-order valence-electron chi connectivity index (χ4n) is 2.65. The second-order valence-corrected chi connectivity index (χ2v) is 5.42. The van der Waals surface area contributed by atoms with Gasteiger partial charge in [-0.1, -0.05) is 24.3 Å². The normalized spacial score (nSPS) is 18.8. The quantitative estimate of drug-likeness (QED) is 0.914. The van der Waals surface area contributed by atoms with Crippen LogP contribution in [0.2, 0.25) is 0 Å². The molecular weight excluding hydrogens is 264 g/mol. The van der Waals surface area contributed by atoms with Crippen LogP contribution in [0.4, 0.5) is 0 Å². The molecule has 2 heterocycles. The van der Waals surface area contributed by atoms with E-state index in [1.54, 1.807) is 12.4 Å². The van der Waals surface area contributed by atoms with Gasteiger partial charge in [0.15, 0.2) is 0 Å². The molecule has 1 atom stereocenters. The number of ether oxygens (including phenoxy) is 1. The SMILES string of the molecule is OCc1ccc(CN2CCC(Oc3ccncc3)C2)cc1. The fraction of sp³-hybridized carbons (Fsp3) is 0.353. The van der Waals surface area contributed by atoms with Gasteiger partial charge < -0.3 is 9.84 Å². The van der Waals surface area contributed by atoms with E-state index in [9.17, 15) is 0 Å². The summed E-state index contributed by atoms with van der Waals surface area (Å²) in [6.07, 6.45) is 4.82. The Morgan fingerprint density at radius 3 is 2.52 bits per heavy atom. The van der Waals surface area contributed by atoms with Gasteiger partial charge in [-0.3, -0.25) is 9.88 Å². The van der Waals surface area contributed by atoms with E-state index in [2.05, 4.69) is 22.0 Å². The smallest absolute Gasteiger partial charge is 0.122 e. The van der Waals surface area contributed by atoms with Crippen molar-refractivity contribution in [3.8, 4) is 5.75 Å². The van der Waals surface area contributed by atoms with Crippen LogP contribution in [0.25, 0.3) is 0 Å². The first-order chi connectivity index (χ1) is 10.3. The minimum absolute atomic E-state index is 0.103.